The monoisotopic (exact) mass is 646 g/mol. The van der Waals surface area contributed by atoms with Crippen LogP contribution in [0.3, 0.4) is 0 Å². The van der Waals surface area contributed by atoms with E-state index < -0.39 is 0 Å². The van der Waals surface area contributed by atoms with E-state index in [1.807, 2.05) is 48.5 Å². The molecule has 4 aromatic heterocycles. The molecule has 1 fully saturated rings. The maximum atomic E-state index is 11.5. The van der Waals surface area contributed by atoms with E-state index in [9.17, 15) is 10.1 Å². The first-order valence-electron chi connectivity index (χ1n) is 15.6. The van der Waals surface area contributed by atoms with Gasteiger partial charge in [0.1, 0.15) is 0 Å². The quantitative estimate of drug-likeness (QED) is 0.225. The molecular formula is C33H38N6O6S. The highest BCUT2D eigenvalue weighted by Gasteiger charge is 2.17. The van der Waals surface area contributed by atoms with Gasteiger partial charge in [-0.15, -0.1) is 0 Å². The van der Waals surface area contributed by atoms with Crippen molar-refractivity contribution in [1.82, 2.24) is 24.8 Å². The smallest absolute Gasteiger partial charge is 0.324 e. The van der Waals surface area contributed by atoms with Crippen LogP contribution >= 0.6 is 11.3 Å². The maximum absolute atomic E-state index is 11.5. The summed E-state index contributed by atoms with van der Waals surface area (Å²) in [4.78, 5) is 31.5. The van der Waals surface area contributed by atoms with Gasteiger partial charge < -0.3 is 18.9 Å². The number of pyridine rings is 3. The van der Waals surface area contributed by atoms with Gasteiger partial charge in [-0.25, -0.2) is 15.0 Å². The Labute approximate surface area is 272 Å². The van der Waals surface area contributed by atoms with Crippen molar-refractivity contribution < 1.29 is 23.9 Å². The van der Waals surface area contributed by atoms with Gasteiger partial charge in [-0.2, -0.15) is 0 Å². The summed E-state index contributed by atoms with van der Waals surface area (Å²) in [5, 5.41) is 11.6. The van der Waals surface area contributed by atoms with Crippen LogP contribution in [0.1, 0.15) is 11.4 Å². The van der Waals surface area contributed by atoms with Crippen molar-refractivity contribution in [2.24, 2.45) is 0 Å². The fraction of sp³-hybridized carbons (Fsp3) is 0.424. The first-order chi connectivity index (χ1) is 22.6. The van der Waals surface area contributed by atoms with Crippen LogP contribution in [0, 0.1) is 10.1 Å². The summed E-state index contributed by atoms with van der Waals surface area (Å²) >= 11 is 1.14. The highest BCUT2D eigenvalue weighted by molar-refractivity contribution is 7.18. The van der Waals surface area contributed by atoms with Crippen molar-refractivity contribution in [3.63, 3.8) is 0 Å². The molecule has 46 heavy (non-hydrogen) atoms. The Balaban J connectivity index is 1.43. The normalized spacial score (nSPS) is 20.5. The molecule has 7 heterocycles. The van der Waals surface area contributed by atoms with Crippen LogP contribution in [-0.4, -0.2) is 109 Å². The number of nitrogens with zero attached hydrogens (tertiary/aromatic N) is 6. The van der Waals surface area contributed by atoms with Crippen LogP contribution in [0.25, 0.3) is 33.2 Å². The summed E-state index contributed by atoms with van der Waals surface area (Å²) in [5.74, 6) is 0. The lowest BCUT2D eigenvalue weighted by molar-refractivity contribution is -0.380. The summed E-state index contributed by atoms with van der Waals surface area (Å²) in [5.41, 5.74) is 5.37. The van der Waals surface area contributed by atoms with Crippen LogP contribution in [0.15, 0.2) is 60.7 Å². The molecular weight excluding hydrogens is 608 g/mol. The van der Waals surface area contributed by atoms with Gasteiger partial charge in [-0.05, 0) is 48.0 Å². The minimum atomic E-state index is -0.362. The number of thiophene rings is 1. The lowest BCUT2D eigenvalue weighted by Crippen LogP contribution is -2.33. The third-order valence-corrected chi connectivity index (χ3v) is 8.83. The van der Waals surface area contributed by atoms with Crippen LogP contribution in [-0.2, 0) is 32.0 Å². The maximum Gasteiger partial charge on any atom is 0.324 e. The van der Waals surface area contributed by atoms with E-state index in [0.717, 1.165) is 59.3 Å². The van der Waals surface area contributed by atoms with E-state index >= 15 is 0 Å². The zero-order chi connectivity index (χ0) is 31.6. The summed E-state index contributed by atoms with van der Waals surface area (Å²) in [6, 6.07) is 19.1. The SMILES string of the molecule is O=[N+]([O-])c1ccc(-c2cc3nc(c2)-c2cccc(n2)CN2CCOCCOCCN(CCOCCOCC2)Cc2cccc-3n2)s1. The average molecular weight is 647 g/mol. The fourth-order valence-electron chi connectivity index (χ4n) is 5.35. The fourth-order valence-corrected chi connectivity index (χ4v) is 6.16. The number of hydrogen-bond donors (Lipinski definition) is 0. The van der Waals surface area contributed by atoms with Gasteiger partial charge in [0.25, 0.3) is 0 Å². The second-order valence-electron chi connectivity index (χ2n) is 11.1. The van der Waals surface area contributed by atoms with E-state index in [1.165, 1.54) is 6.07 Å². The topological polar surface area (TPSA) is 125 Å². The van der Waals surface area contributed by atoms with Gasteiger partial charge in [0, 0.05) is 50.2 Å². The molecule has 3 aliphatic heterocycles. The van der Waals surface area contributed by atoms with E-state index in [1.54, 1.807) is 6.07 Å². The van der Waals surface area contributed by atoms with E-state index in [-0.39, 0.29) is 9.92 Å². The zero-order valence-corrected chi connectivity index (χ0v) is 26.5. The molecule has 0 aliphatic carbocycles. The Bertz CT molecular complexity index is 1490. The van der Waals surface area contributed by atoms with Crippen molar-refractivity contribution in [2.45, 2.75) is 13.1 Å². The molecule has 0 atom stereocenters. The van der Waals surface area contributed by atoms with E-state index in [0.29, 0.717) is 88.7 Å². The molecule has 8 bridgehead atoms. The number of ether oxygens (including phenoxy) is 4. The zero-order valence-electron chi connectivity index (χ0n) is 25.7. The average Bonchev–Trinajstić information content (AvgIpc) is 3.57. The second-order valence-corrected chi connectivity index (χ2v) is 12.1. The predicted octanol–water partition coefficient (Wildman–Crippen LogP) is 4.54. The summed E-state index contributed by atoms with van der Waals surface area (Å²) < 4.78 is 23.7. The highest BCUT2D eigenvalue weighted by Crippen LogP contribution is 2.36. The predicted molar refractivity (Wildman–Crippen MR) is 174 cm³/mol. The van der Waals surface area contributed by atoms with Gasteiger partial charge in [0.05, 0.1) is 91.9 Å². The first kappa shape index (κ1) is 32.3. The van der Waals surface area contributed by atoms with Crippen LogP contribution in [0.5, 0.6) is 0 Å². The Hall–Kier alpha value is -3.69. The largest absolute Gasteiger partial charge is 0.378 e. The molecule has 12 nitrogen and oxygen atoms in total. The Morgan fingerprint density at radius 1 is 0.609 bits per heavy atom. The molecule has 13 heteroatoms. The lowest BCUT2D eigenvalue weighted by atomic mass is 10.1. The highest BCUT2D eigenvalue weighted by atomic mass is 32.1. The van der Waals surface area contributed by atoms with E-state index in [2.05, 4.69) is 9.80 Å². The van der Waals surface area contributed by atoms with Crippen LogP contribution < -0.4 is 0 Å². The third kappa shape index (κ3) is 8.97. The van der Waals surface area contributed by atoms with Crippen molar-refractivity contribution in [1.29, 1.82) is 0 Å². The number of rotatable bonds is 2. The molecule has 7 rings (SSSR count). The van der Waals surface area contributed by atoms with Gasteiger partial charge >= 0.3 is 5.00 Å². The number of fused-ring (bicyclic) bond motifs is 14. The van der Waals surface area contributed by atoms with Crippen LogP contribution in [0.2, 0.25) is 0 Å². The molecule has 242 valence electrons. The van der Waals surface area contributed by atoms with Crippen molar-refractivity contribution in [3.05, 3.63) is 82.2 Å². The van der Waals surface area contributed by atoms with Gasteiger partial charge in [0.2, 0.25) is 0 Å². The number of nitro groups is 1. The molecule has 0 saturated carbocycles. The molecule has 4 aromatic rings. The Morgan fingerprint density at radius 3 is 1.52 bits per heavy atom. The van der Waals surface area contributed by atoms with Gasteiger partial charge in [-0.1, -0.05) is 23.5 Å². The summed E-state index contributed by atoms with van der Waals surface area (Å²) in [6.07, 6.45) is 0. The standard InChI is InChI=1S/C33H38N6O6S/c40-39(41)33-8-7-32(46-33)25-21-30-28-5-1-3-26(34-28)23-37-9-13-42-17-19-44-15-11-38(12-16-45-20-18-43-14-10-37)24-27-4-2-6-29(35-27)31(22-25)36-30/h1-8,21-22H,9-20,23-24H2. The molecule has 0 spiro atoms. The Morgan fingerprint density at radius 2 is 1.09 bits per heavy atom. The molecule has 0 N–H and O–H groups in total. The summed E-state index contributed by atoms with van der Waals surface area (Å²) in [7, 11) is 0. The molecule has 0 radical (unpaired) electrons. The van der Waals surface area contributed by atoms with Crippen LogP contribution in [0.4, 0.5) is 5.00 Å². The minimum Gasteiger partial charge on any atom is -0.378 e. The van der Waals surface area contributed by atoms with Crippen molar-refractivity contribution >= 4 is 16.3 Å². The molecule has 3 aliphatic rings. The molecule has 1 saturated heterocycles. The van der Waals surface area contributed by atoms with Crippen molar-refractivity contribution in [3.8, 4) is 33.2 Å². The number of hydrogen-bond acceptors (Lipinski definition) is 12. The van der Waals surface area contributed by atoms with Gasteiger partial charge in [0.15, 0.2) is 0 Å². The summed E-state index contributed by atoms with van der Waals surface area (Å²) in [6.45, 7) is 8.48. The second kappa shape index (κ2) is 16.2. The Kier molecular flexibility index (Phi) is 11.4. The van der Waals surface area contributed by atoms with Gasteiger partial charge in [-0.3, -0.25) is 19.9 Å². The lowest BCUT2D eigenvalue weighted by Gasteiger charge is -2.23. The van der Waals surface area contributed by atoms with E-state index in [4.69, 9.17) is 33.9 Å². The first-order valence-corrected chi connectivity index (χ1v) is 16.4. The number of aromatic nitrogens is 3. The molecule has 0 unspecified atom stereocenters. The van der Waals surface area contributed by atoms with Crippen molar-refractivity contribution in [2.75, 3.05) is 79.0 Å². The molecule has 0 aromatic carbocycles. The third-order valence-electron chi connectivity index (χ3n) is 7.74. The molecule has 0 amide bonds. The minimum absolute atomic E-state index is 0.0872.